The van der Waals surface area contributed by atoms with Gasteiger partial charge in [-0.15, -0.1) is 0 Å². The van der Waals surface area contributed by atoms with Crippen LogP contribution in [0.25, 0.3) is 0 Å². The van der Waals surface area contributed by atoms with Crippen LogP contribution in [0.1, 0.15) is 27.2 Å². The number of nitrogens with two attached hydrogens (primary N) is 1. The number of nitrogens with one attached hydrogen (secondary N) is 1. The predicted octanol–water partition coefficient (Wildman–Crippen LogP) is 2.52. The molecule has 18 heavy (non-hydrogen) atoms. The van der Waals surface area contributed by atoms with Crippen molar-refractivity contribution in [1.29, 1.82) is 5.41 Å². The molecule has 0 amide bonds. The zero-order valence-corrected chi connectivity index (χ0v) is 12.4. The molecule has 0 heterocycles. The molecule has 0 atom stereocenters. The van der Waals surface area contributed by atoms with Crippen molar-refractivity contribution in [1.82, 2.24) is 9.80 Å². The first-order valence-corrected chi connectivity index (χ1v) is 6.05. The third-order valence-corrected chi connectivity index (χ3v) is 3.05. The Bertz CT molecular complexity index is 375. The maximum Gasteiger partial charge on any atom is 0.104 e. The van der Waals surface area contributed by atoms with Crippen LogP contribution in [-0.4, -0.2) is 36.8 Å². The predicted molar refractivity (Wildman–Crippen MR) is 79.3 cm³/mol. The van der Waals surface area contributed by atoms with Gasteiger partial charge in [-0.3, -0.25) is 5.41 Å². The summed E-state index contributed by atoms with van der Waals surface area (Å²) in [6.07, 6.45) is 6.35. The van der Waals surface area contributed by atoms with Crippen LogP contribution in [0.5, 0.6) is 0 Å². The number of amidine groups is 1. The number of allylic oxidation sites excluding steroid dienone is 4. The van der Waals surface area contributed by atoms with Gasteiger partial charge in [0.2, 0.25) is 0 Å². The minimum Gasteiger partial charge on any atom is -0.397 e. The molecule has 0 saturated heterocycles. The second kappa shape index (κ2) is 7.58. The Balaban J connectivity index is 4.52. The second-order valence-electron chi connectivity index (χ2n) is 4.48. The van der Waals surface area contributed by atoms with E-state index in [4.69, 9.17) is 11.1 Å². The molecule has 0 aromatic rings. The molecular formula is C14H26N4. The summed E-state index contributed by atoms with van der Waals surface area (Å²) < 4.78 is 0. The van der Waals surface area contributed by atoms with E-state index >= 15 is 0 Å². The summed E-state index contributed by atoms with van der Waals surface area (Å²) in [5.41, 5.74) is 8.75. The van der Waals surface area contributed by atoms with Gasteiger partial charge in [-0.05, 0) is 26.8 Å². The topological polar surface area (TPSA) is 56.4 Å². The Hall–Kier alpha value is -1.71. The van der Waals surface area contributed by atoms with Gasteiger partial charge >= 0.3 is 0 Å². The van der Waals surface area contributed by atoms with E-state index in [0.29, 0.717) is 12.3 Å². The first-order chi connectivity index (χ1) is 8.31. The molecule has 0 unspecified atom stereocenters. The SMILES string of the molecule is C/C=C(\C)N(C)C(=N)C/C=C\C(N)=C(/C)N(C)C. The number of hydrogen-bond acceptors (Lipinski definition) is 3. The molecule has 0 saturated carbocycles. The van der Waals surface area contributed by atoms with Crippen molar-refractivity contribution in [2.45, 2.75) is 27.2 Å². The molecule has 0 spiro atoms. The summed E-state index contributed by atoms with van der Waals surface area (Å²) in [6, 6.07) is 0. The van der Waals surface area contributed by atoms with Crippen LogP contribution in [0.4, 0.5) is 0 Å². The fourth-order valence-electron chi connectivity index (χ4n) is 1.22. The van der Waals surface area contributed by atoms with Crippen LogP contribution >= 0.6 is 0 Å². The zero-order valence-electron chi connectivity index (χ0n) is 12.4. The molecular weight excluding hydrogens is 224 g/mol. The Labute approximate surface area is 111 Å². The lowest BCUT2D eigenvalue weighted by Gasteiger charge is -2.19. The molecule has 4 heteroatoms. The molecule has 0 aromatic carbocycles. The van der Waals surface area contributed by atoms with Crippen molar-refractivity contribution < 1.29 is 0 Å². The van der Waals surface area contributed by atoms with E-state index < -0.39 is 0 Å². The van der Waals surface area contributed by atoms with Crippen LogP contribution < -0.4 is 5.73 Å². The standard InChI is InChI=1S/C14H26N4/c1-7-11(2)18(6)14(16)10-8-9-13(15)12(3)17(4)5/h7-9,16H,10,15H2,1-6H3/b9-8-,11-7+,13-12-,16-14?. The van der Waals surface area contributed by atoms with Crippen LogP contribution in [0.15, 0.2) is 35.3 Å². The van der Waals surface area contributed by atoms with Crippen LogP contribution in [-0.2, 0) is 0 Å². The van der Waals surface area contributed by atoms with Gasteiger partial charge in [0.25, 0.3) is 0 Å². The van der Waals surface area contributed by atoms with E-state index in [0.717, 1.165) is 17.1 Å². The molecule has 0 aromatic heterocycles. The lowest BCUT2D eigenvalue weighted by molar-refractivity contribution is 0.508. The van der Waals surface area contributed by atoms with E-state index in [-0.39, 0.29) is 0 Å². The fourth-order valence-corrected chi connectivity index (χ4v) is 1.22. The minimum absolute atomic E-state index is 0.553. The molecule has 0 fully saturated rings. The first-order valence-electron chi connectivity index (χ1n) is 6.05. The fraction of sp³-hybridized carbons (Fsp3) is 0.500. The van der Waals surface area contributed by atoms with Gasteiger partial charge in [0.05, 0.1) is 5.70 Å². The molecule has 102 valence electrons. The summed E-state index contributed by atoms with van der Waals surface area (Å²) in [4.78, 5) is 3.84. The number of rotatable bonds is 5. The van der Waals surface area contributed by atoms with E-state index in [1.54, 1.807) is 0 Å². The van der Waals surface area contributed by atoms with E-state index in [1.165, 1.54) is 0 Å². The van der Waals surface area contributed by atoms with Gasteiger partial charge in [0.1, 0.15) is 5.84 Å². The van der Waals surface area contributed by atoms with E-state index in [9.17, 15) is 0 Å². The van der Waals surface area contributed by atoms with Crippen molar-refractivity contribution in [3.05, 3.63) is 35.3 Å². The Kier molecular flexibility index (Phi) is 6.86. The molecule has 0 aliphatic heterocycles. The second-order valence-corrected chi connectivity index (χ2v) is 4.48. The lowest BCUT2D eigenvalue weighted by atomic mass is 10.2. The minimum atomic E-state index is 0.553. The average molecular weight is 250 g/mol. The normalized spacial score (nSPS) is 13.6. The number of nitrogens with zero attached hydrogens (tertiary/aromatic N) is 2. The van der Waals surface area contributed by atoms with E-state index in [2.05, 4.69) is 0 Å². The maximum absolute atomic E-state index is 7.93. The van der Waals surface area contributed by atoms with Crippen molar-refractivity contribution in [2.24, 2.45) is 5.73 Å². The Morgan fingerprint density at radius 1 is 1.22 bits per heavy atom. The van der Waals surface area contributed by atoms with Crippen molar-refractivity contribution in [3.63, 3.8) is 0 Å². The van der Waals surface area contributed by atoms with Crippen molar-refractivity contribution >= 4 is 5.84 Å². The van der Waals surface area contributed by atoms with Crippen LogP contribution in [0.3, 0.4) is 0 Å². The summed E-state index contributed by atoms with van der Waals surface area (Å²) >= 11 is 0. The lowest BCUT2D eigenvalue weighted by Crippen LogP contribution is -2.23. The quantitative estimate of drug-likeness (QED) is 0.448. The molecule has 4 nitrogen and oxygen atoms in total. The molecule has 0 rings (SSSR count). The summed E-state index contributed by atoms with van der Waals surface area (Å²) in [5, 5.41) is 7.93. The molecule has 0 aliphatic carbocycles. The molecule has 0 radical (unpaired) electrons. The van der Waals surface area contributed by atoms with E-state index in [1.807, 2.05) is 69.9 Å². The van der Waals surface area contributed by atoms with Gasteiger partial charge in [0.15, 0.2) is 0 Å². The monoisotopic (exact) mass is 250 g/mol. The zero-order chi connectivity index (χ0) is 14.3. The van der Waals surface area contributed by atoms with Crippen molar-refractivity contribution in [3.8, 4) is 0 Å². The highest BCUT2D eigenvalue weighted by Crippen LogP contribution is 2.06. The summed E-state index contributed by atoms with van der Waals surface area (Å²) in [6.45, 7) is 5.93. The third kappa shape index (κ3) is 5.08. The summed E-state index contributed by atoms with van der Waals surface area (Å²) in [5.74, 6) is 0.553. The van der Waals surface area contributed by atoms with Gasteiger partial charge in [-0.25, -0.2) is 0 Å². The highest BCUT2D eigenvalue weighted by atomic mass is 15.1. The smallest absolute Gasteiger partial charge is 0.104 e. The molecule has 3 N–H and O–H groups in total. The maximum atomic E-state index is 7.93. The molecule has 0 aliphatic rings. The highest BCUT2D eigenvalue weighted by molar-refractivity contribution is 5.81. The Morgan fingerprint density at radius 3 is 2.22 bits per heavy atom. The van der Waals surface area contributed by atoms with Gasteiger partial charge < -0.3 is 15.5 Å². The average Bonchev–Trinajstić information content (AvgIpc) is 2.35. The summed E-state index contributed by atoms with van der Waals surface area (Å²) in [7, 11) is 5.82. The van der Waals surface area contributed by atoms with Gasteiger partial charge in [-0.1, -0.05) is 12.2 Å². The van der Waals surface area contributed by atoms with Gasteiger partial charge in [-0.2, -0.15) is 0 Å². The van der Waals surface area contributed by atoms with Crippen LogP contribution in [0.2, 0.25) is 0 Å². The number of hydrogen-bond donors (Lipinski definition) is 2. The van der Waals surface area contributed by atoms with Crippen LogP contribution in [0, 0.1) is 5.41 Å². The largest absolute Gasteiger partial charge is 0.397 e. The highest BCUT2D eigenvalue weighted by Gasteiger charge is 2.03. The Morgan fingerprint density at radius 2 is 1.78 bits per heavy atom. The van der Waals surface area contributed by atoms with Gasteiger partial charge in [0, 0.05) is 39.0 Å². The first kappa shape index (κ1) is 16.3. The third-order valence-electron chi connectivity index (χ3n) is 3.05. The molecule has 0 bridgehead atoms. The van der Waals surface area contributed by atoms with Crippen molar-refractivity contribution in [2.75, 3.05) is 21.1 Å².